The van der Waals surface area contributed by atoms with Crippen LogP contribution in [0.3, 0.4) is 0 Å². The van der Waals surface area contributed by atoms with Crippen LogP contribution in [-0.2, 0) is 6.42 Å². The lowest BCUT2D eigenvalue weighted by atomic mass is 10.2. The molecular weight excluding hydrogens is 364 g/mol. The van der Waals surface area contributed by atoms with Crippen molar-refractivity contribution < 1.29 is 4.42 Å². The third kappa shape index (κ3) is 3.21. The van der Waals surface area contributed by atoms with Crippen molar-refractivity contribution in [2.75, 3.05) is 0 Å². The number of aromatic nitrogens is 4. The van der Waals surface area contributed by atoms with Gasteiger partial charge in [-0.15, -0.1) is 5.10 Å². The summed E-state index contributed by atoms with van der Waals surface area (Å²) >= 11 is 0. The highest BCUT2D eigenvalue weighted by molar-refractivity contribution is 5.80. The molecule has 0 aliphatic heterocycles. The van der Waals surface area contributed by atoms with Crippen LogP contribution >= 0.6 is 0 Å². The number of benzene rings is 3. The van der Waals surface area contributed by atoms with Gasteiger partial charge in [0, 0.05) is 5.56 Å². The predicted molar refractivity (Wildman–Crippen MR) is 110 cm³/mol. The lowest BCUT2D eigenvalue weighted by molar-refractivity contribution is 0.481. The Labute approximate surface area is 166 Å². The molecular formula is C23H16N4O2. The zero-order chi connectivity index (χ0) is 19.6. The molecule has 0 saturated heterocycles. The smallest absolute Gasteiger partial charge is 0.331 e. The zero-order valence-electron chi connectivity index (χ0n) is 15.4. The predicted octanol–water partition coefficient (Wildman–Crippen LogP) is 4.03. The highest BCUT2D eigenvalue weighted by Gasteiger charge is 2.19. The van der Waals surface area contributed by atoms with Crippen LogP contribution in [0.2, 0.25) is 0 Å². The van der Waals surface area contributed by atoms with E-state index in [9.17, 15) is 4.79 Å². The molecule has 0 unspecified atom stereocenters. The summed E-state index contributed by atoms with van der Waals surface area (Å²) in [5.74, 6) is 0.898. The van der Waals surface area contributed by atoms with Crippen LogP contribution in [-0.4, -0.2) is 19.7 Å². The van der Waals surface area contributed by atoms with Crippen molar-refractivity contribution in [1.29, 1.82) is 0 Å². The highest BCUT2D eigenvalue weighted by Crippen LogP contribution is 2.22. The van der Waals surface area contributed by atoms with Crippen molar-refractivity contribution in [3.8, 4) is 17.4 Å². The molecule has 0 N–H and O–H groups in total. The van der Waals surface area contributed by atoms with Crippen LogP contribution in [0.4, 0.5) is 0 Å². The second kappa shape index (κ2) is 7.16. The summed E-state index contributed by atoms with van der Waals surface area (Å²) in [6.07, 6.45) is 0.490. The van der Waals surface area contributed by atoms with Gasteiger partial charge >= 0.3 is 6.01 Å². The molecule has 0 fully saturated rings. The number of hydrogen-bond acceptors (Lipinski definition) is 5. The third-order valence-electron chi connectivity index (χ3n) is 4.65. The molecule has 6 nitrogen and oxygen atoms in total. The maximum atomic E-state index is 13.3. The summed E-state index contributed by atoms with van der Waals surface area (Å²) in [6, 6.07) is 26.7. The second-order valence-electron chi connectivity index (χ2n) is 6.60. The molecule has 0 atom stereocenters. The standard InChI is InChI=1S/C23H16N4O2/c28-22-18-13-7-8-14-19(18)24-21(17-11-5-2-6-12-17)27(22)23-26-25-20(29-23)15-16-9-3-1-4-10-16/h1-14H,15H2. The SMILES string of the molecule is O=c1c2ccccc2nc(-c2ccccc2)n1-c1nnc(Cc2ccccc2)o1. The molecule has 0 radical (unpaired) electrons. The third-order valence-corrected chi connectivity index (χ3v) is 4.65. The van der Waals surface area contributed by atoms with E-state index in [1.54, 1.807) is 6.07 Å². The summed E-state index contributed by atoms with van der Waals surface area (Å²) in [6.45, 7) is 0. The van der Waals surface area contributed by atoms with Gasteiger partial charge in [0.15, 0.2) is 5.82 Å². The van der Waals surface area contributed by atoms with Crippen LogP contribution in [0.25, 0.3) is 28.3 Å². The molecule has 29 heavy (non-hydrogen) atoms. The van der Waals surface area contributed by atoms with Gasteiger partial charge < -0.3 is 4.42 Å². The molecule has 5 aromatic rings. The van der Waals surface area contributed by atoms with Gasteiger partial charge in [0.2, 0.25) is 5.89 Å². The Balaban J connectivity index is 1.68. The molecule has 140 valence electrons. The van der Waals surface area contributed by atoms with Gasteiger partial charge in [0.05, 0.1) is 17.3 Å². The Kier molecular flexibility index (Phi) is 4.22. The minimum atomic E-state index is -0.246. The number of rotatable bonds is 4. The fraction of sp³-hybridized carbons (Fsp3) is 0.0435. The molecule has 0 aliphatic carbocycles. The molecule has 0 aliphatic rings. The minimum Gasteiger partial charge on any atom is -0.407 e. The maximum absolute atomic E-state index is 13.3. The first-order valence-electron chi connectivity index (χ1n) is 9.23. The van der Waals surface area contributed by atoms with E-state index in [1.807, 2.05) is 78.9 Å². The number of hydrogen-bond donors (Lipinski definition) is 0. The first-order valence-corrected chi connectivity index (χ1v) is 9.23. The summed E-state index contributed by atoms with van der Waals surface area (Å²) in [7, 11) is 0. The molecule has 0 spiro atoms. The first kappa shape index (κ1) is 17.1. The van der Waals surface area contributed by atoms with Gasteiger partial charge in [-0.1, -0.05) is 77.9 Å². The van der Waals surface area contributed by atoms with Crippen molar-refractivity contribution >= 4 is 10.9 Å². The van der Waals surface area contributed by atoms with Crippen molar-refractivity contribution in [3.63, 3.8) is 0 Å². The lowest BCUT2D eigenvalue weighted by Crippen LogP contribution is -2.22. The van der Waals surface area contributed by atoms with Crippen molar-refractivity contribution in [2.24, 2.45) is 0 Å². The van der Waals surface area contributed by atoms with E-state index >= 15 is 0 Å². The van der Waals surface area contributed by atoms with Crippen LogP contribution in [0.1, 0.15) is 11.5 Å². The Bertz CT molecular complexity index is 1340. The maximum Gasteiger partial charge on any atom is 0.331 e. The molecule has 5 rings (SSSR count). The fourth-order valence-electron chi connectivity index (χ4n) is 3.27. The van der Waals surface area contributed by atoms with Crippen LogP contribution in [0.15, 0.2) is 94.1 Å². The Morgan fingerprint density at radius 3 is 2.28 bits per heavy atom. The van der Waals surface area contributed by atoms with E-state index < -0.39 is 0 Å². The van der Waals surface area contributed by atoms with E-state index in [2.05, 4.69) is 10.2 Å². The average molecular weight is 380 g/mol. The highest BCUT2D eigenvalue weighted by atomic mass is 16.4. The Hall–Kier alpha value is -4.06. The van der Waals surface area contributed by atoms with Crippen molar-refractivity contribution in [1.82, 2.24) is 19.7 Å². The summed E-state index contributed by atoms with van der Waals surface area (Å²) < 4.78 is 7.25. The monoisotopic (exact) mass is 380 g/mol. The Morgan fingerprint density at radius 1 is 0.793 bits per heavy atom. The van der Waals surface area contributed by atoms with Crippen LogP contribution in [0.5, 0.6) is 0 Å². The van der Waals surface area contributed by atoms with Gasteiger partial charge in [-0.2, -0.15) is 0 Å². The van der Waals surface area contributed by atoms with E-state index in [4.69, 9.17) is 9.40 Å². The van der Waals surface area contributed by atoms with Crippen LogP contribution < -0.4 is 5.56 Å². The largest absolute Gasteiger partial charge is 0.407 e. The molecule has 0 saturated carbocycles. The minimum absolute atomic E-state index is 0.109. The van der Waals surface area contributed by atoms with Crippen molar-refractivity contribution in [2.45, 2.75) is 6.42 Å². The molecule has 0 amide bonds. The number of para-hydroxylation sites is 1. The molecule has 0 bridgehead atoms. The quantitative estimate of drug-likeness (QED) is 0.471. The first-order chi connectivity index (χ1) is 14.3. The van der Waals surface area contributed by atoms with Gasteiger partial charge in [-0.25, -0.2) is 9.55 Å². The molecule has 6 heteroatoms. The molecule has 3 aromatic carbocycles. The van der Waals surface area contributed by atoms with Gasteiger partial charge in [-0.05, 0) is 17.7 Å². The lowest BCUT2D eigenvalue weighted by Gasteiger charge is -2.10. The summed E-state index contributed by atoms with van der Waals surface area (Å²) in [4.78, 5) is 18.0. The second-order valence-corrected chi connectivity index (χ2v) is 6.60. The topological polar surface area (TPSA) is 73.8 Å². The van der Waals surface area contributed by atoms with Gasteiger partial charge in [-0.3, -0.25) is 4.79 Å². The zero-order valence-corrected chi connectivity index (χ0v) is 15.4. The number of fused-ring (bicyclic) bond motifs is 1. The van der Waals surface area contributed by atoms with Crippen molar-refractivity contribution in [3.05, 3.63) is 107 Å². The Morgan fingerprint density at radius 2 is 1.48 bits per heavy atom. The summed E-state index contributed by atoms with van der Waals surface area (Å²) in [5.41, 5.74) is 2.22. The van der Waals surface area contributed by atoms with Gasteiger partial charge in [0.25, 0.3) is 5.56 Å². The normalized spacial score (nSPS) is 11.0. The van der Waals surface area contributed by atoms with Gasteiger partial charge in [0.1, 0.15) is 0 Å². The molecule has 2 aromatic heterocycles. The summed E-state index contributed by atoms with van der Waals surface area (Å²) in [5, 5.41) is 8.78. The van der Waals surface area contributed by atoms with E-state index in [1.165, 1.54) is 4.57 Å². The number of nitrogens with zero attached hydrogens (tertiary/aromatic N) is 4. The average Bonchev–Trinajstić information content (AvgIpc) is 3.23. The van der Waals surface area contributed by atoms with Crippen LogP contribution in [0, 0.1) is 0 Å². The van der Waals surface area contributed by atoms with E-state index in [-0.39, 0.29) is 11.6 Å². The molecule has 2 heterocycles. The van der Waals surface area contributed by atoms with E-state index in [0.29, 0.717) is 29.0 Å². The fourth-order valence-corrected chi connectivity index (χ4v) is 3.27. The van der Waals surface area contributed by atoms with E-state index in [0.717, 1.165) is 11.1 Å².